The summed E-state index contributed by atoms with van der Waals surface area (Å²) in [6, 6.07) is 8.75. The van der Waals surface area contributed by atoms with Gasteiger partial charge in [0.2, 0.25) is 0 Å². The van der Waals surface area contributed by atoms with E-state index >= 15 is 0 Å². The third kappa shape index (κ3) is 3.08. The summed E-state index contributed by atoms with van der Waals surface area (Å²) in [6.45, 7) is 4.01. The number of nitrogens with zero attached hydrogens (tertiary/aromatic N) is 1. The van der Waals surface area contributed by atoms with E-state index in [4.69, 9.17) is 10.00 Å². The molecule has 0 bridgehead atoms. The van der Waals surface area contributed by atoms with E-state index in [0.29, 0.717) is 10.4 Å². The molecule has 0 aliphatic heterocycles. The number of thioether (sulfide) groups is 1. The number of fused-ring (bicyclic) bond motifs is 1. The van der Waals surface area contributed by atoms with E-state index in [-0.39, 0.29) is 22.3 Å². The molecule has 1 N–H and O–H groups in total. The van der Waals surface area contributed by atoms with Gasteiger partial charge in [-0.25, -0.2) is 8.78 Å². The number of aromatic amines is 1. The molecule has 3 aromatic rings. The van der Waals surface area contributed by atoms with E-state index in [1.807, 2.05) is 19.9 Å². The molecule has 0 amide bonds. The van der Waals surface area contributed by atoms with Gasteiger partial charge in [-0.1, -0.05) is 13.8 Å². The monoisotopic (exact) mass is 344 g/mol. The molecule has 0 spiro atoms. The average Bonchev–Trinajstić information content (AvgIpc) is 2.99. The Bertz CT molecular complexity index is 944. The van der Waals surface area contributed by atoms with Crippen LogP contribution >= 0.6 is 11.8 Å². The predicted octanol–water partition coefficient (Wildman–Crippen LogP) is 5.61. The van der Waals surface area contributed by atoms with Crippen LogP contribution in [-0.4, -0.2) is 10.2 Å². The summed E-state index contributed by atoms with van der Waals surface area (Å²) in [7, 11) is 0. The Morgan fingerprint density at radius 1 is 1.17 bits per heavy atom. The molecule has 0 saturated carbocycles. The lowest BCUT2D eigenvalue weighted by molar-refractivity contribution is 0.431. The minimum absolute atomic E-state index is 0.0799. The number of hydrogen-bond acceptors (Lipinski definition) is 3. The molecular weight excluding hydrogens is 330 g/mol. The van der Waals surface area contributed by atoms with Crippen molar-refractivity contribution < 1.29 is 13.5 Å². The summed E-state index contributed by atoms with van der Waals surface area (Å²) in [5.74, 6) is -0.859. The van der Waals surface area contributed by atoms with Crippen molar-refractivity contribution in [3.63, 3.8) is 0 Å². The number of rotatable bonds is 4. The van der Waals surface area contributed by atoms with Crippen LogP contribution in [0.1, 0.15) is 19.4 Å². The zero-order chi connectivity index (χ0) is 17.3. The third-order valence-corrected chi connectivity index (χ3v) is 4.46. The molecule has 1 heterocycles. The van der Waals surface area contributed by atoms with Gasteiger partial charge in [-0.3, -0.25) is 0 Å². The Morgan fingerprint density at radius 3 is 2.67 bits per heavy atom. The van der Waals surface area contributed by atoms with Crippen molar-refractivity contribution in [2.75, 3.05) is 0 Å². The van der Waals surface area contributed by atoms with Crippen LogP contribution in [0.2, 0.25) is 0 Å². The zero-order valence-corrected chi connectivity index (χ0v) is 13.9. The van der Waals surface area contributed by atoms with Crippen LogP contribution in [0, 0.1) is 23.0 Å². The Labute approximate surface area is 142 Å². The van der Waals surface area contributed by atoms with Gasteiger partial charge in [-0.2, -0.15) is 5.26 Å². The normalized spacial score (nSPS) is 11.0. The van der Waals surface area contributed by atoms with Crippen molar-refractivity contribution in [2.45, 2.75) is 24.0 Å². The summed E-state index contributed by atoms with van der Waals surface area (Å²) in [5.41, 5.74) is 0.536. The minimum atomic E-state index is -0.636. The van der Waals surface area contributed by atoms with Crippen molar-refractivity contribution in [3.05, 3.63) is 53.7 Å². The molecule has 6 heteroatoms. The van der Waals surface area contributed by atoms with Crippen LogP contribution < -0.4 is 4.74 Å². The number of benzene rings is 2. The van der Waals surface area contributed by atoms with Gasteiger partial charge in [-0.05, 0) is 18.2 Å². The summed E-state index contributed by atoms with van der Waals surface area (Å²) in [5, 5.41) is 9.99. The Hall–Kier alpha value is -2.52. The van der Waals surface area contributed by atoms with Crippen molar-refractivity contribution in [1.29, 1.82) is 5.26 Å². The smallest absolute Gasteiger partial charge is 0.177 e. The molecule has 0 aliphatic carbocycles. The molecule has 0 unspecified atom stereocenters. The van der Waals surface area contributed by atoms with E-state index in [1.165, 1.54) is 30.0 Å². The predicted molar refractivity (Wildman–Crippen MR) is 90.4 cm³/mol. The van der Waals surface area contributed by atoms with Crippen LogP contribution in [0.25, 0.3) is 10.9 Å². The van der Waals surface area contributed by atoms with Crippen molar-refractivity contribution >= 4 is 22.7 Å². The first kappa shape index (κ1) is 16.3. The maximum Gasteiger partial charge on any atom is 0.177 e. The van der Waals surface area contributed by atoms with Crippen LogP contribution in [0.15, 0.2) is 41.4 Å². The standard InChI is InChI=1S/C18H14F2N2OS/c1-10(2)24-18-13-5-6-22-16(13)8-15(20)17(18)23-12-3-4-14(19)11(7-12)9-21/h3-8,10,22H,1-2H3. The molecule has 0 saturated heterocycles. The van der Waals surface area contributed by atoms with Crippen LogP contribution in [0.3, 0.4) is 0 Å². The molecule has 2 aromatic carbocycles. The van der Waals surface area contributed by atoms with Crippen LogP contribution in [-0.2, 0) is 0 Å². The summed E-state index contributed by atoms with van der Waals surface area (Å²) >= 11 is 1.48. The summed E-state index contributed by atoms with van der Waals surface area (Å²) < 4.78 is 33.7. The number of H-pyrrole nitrogens is 1. The number of aromatic nitrogens is 1. The fraction of sp³-hybridized carbons (Fsp3) is 0.167. The van der Waals surface area contributed by atoms with Crippen molar-refractivity contribution in [2.24, 2.45) is 0 Å². The van der Waals surface area contributed by atoms with E-state index in [9.17, 15) is 8.78 Å². The first-order valence-corrected chi connectivity index (χ1v) is 8.21. The molecule has 122 valence electrons. The first-order chi connectivity index (χ1) is 11.5. The summed E-state index contributed by atoms with van der Waals surface area (Å²) in [6.07, 6.45) is 1.74. The van der Waals surface area contributed by atoms with Crippen LogP contribution in [0.5, 0.6) is 11.5 Å². The number of nitrogens with one attached hydrogen (secondary N) is 1. The Balaban J connectivity index is 2.11. The largest absolute Gasteiger partial charge is 0.453 e. The Morgan fingerprint density at radius 2 is 1.96 bits per heavy atom. The number of halogens is 2. The maximum atomic E-state index is 14.6. The van der Waals surface area contributed by atoms with Gasteiger partial charge in [0.15, 0.2) is 11.6 Å². The molecule has 1 aromatic heterocycles. The number of hydrogen-bond donors (Lipinski definition) is 1. The highest BCUT2D eigenvalue weighted by Gasteiger charge is 2.19. The zero-order valence-electron chi connectivity index (χ0n) is 13.1. The Kier molecular flexibility index (Phi) is 4.45. The van der Waals surface area contributed by atoms with Crippen molar-refractivity contribution in [1.82, 2.24) is 4.98 Å². The van der Waals surface area contributed by atoms with E-state index in [2.05, 4.69) is 4.98 Å². The topological polar surface area (TPSA) is 48.8 Å². The summed E-state index contributed by atoms with van der Waals surface area (Å²) in [4.78, 5) is 3.66. The highest BCUT2D eigenvalue weighted by molar-refractivity contribution is 8.00. The van der Waals surface area contributed by atoms with Gasteiger partial charge in [-0.15, -0.1) is 11.8 Å². The van der Waals surface area contributed by atoms with Crippen LogP contribution in [0.4, 0.5) is 8.78 Å². The first-order valence-electron chi connectivity index (χ1n) is 7.33. The van der Waals surface area contributed by atoms with Gasteiger partial charge in [0, 0.05) is 34.5 Å². The minimum Gasteiger partial charge on any atom is -0.453 e. The lowest BCUT2D eigenvalue weighted by atomic mass is 10.2. The fourth-order valence-corrected chi connectivity index (χ4v) is 3.36. The molecule has 0 atom stereocenters. The molecule has 3 rings (SSSR count). The second-order valence-corrected chi connectivity index (χ2v) is 7.06. The van der Waals surface area contributed by atoms with E-state index in [0.717, 1.165) is 11.5 Å². The van der Waals surface area contributed by atoms with E-state index in [1.54, 1.807) is 12.3 Å². The average molecular weight is 344 g/mol. The van der Waals surface area contributed by atoms with Gasteiger partial charge in [0.05, 0.1) is 10.5 Å². The maximum absolute atomic E-state index is 14.6. The number of nitriles is 1. The fourth-order valence-electron chi connectivity index (χ4n) is 2.34. The molecule has 0 aliphatic rings. The molecule has 3 nitrogen and oxygen atoms in total. The third-order valence-electron chi connectivity index (χ3n) is 3.35. The molecular formula is C18H14F2N2OS. The lowest BCUT2D eigenvalue weighted by Gasteiger charge is -2.15. The lowest BCUT2D eigenvalue weighted by Crippen LogP contribution is -1.96. The van der Waals surface area contributed by atoms with Gasteiger partial charge in [0.1, 0.15) is 17.6 Å². The van der Waals surface area contributed by atoms with Gasteiger partial charge in [0.25, 0.3) is 0 Å². The SMILES string of the molecule is CC(C)Sc1c(Oc2ccc(F)c(C#N)c2)c(F)cc2[nH]ccc12. The molecule has 24 heavy (non-hydrogen) atoms. The number of ether oxygens (including phenoxy) is 1. The second kappa shape index (κ2) is 6.54. The van der Waals surface area contributed by atoms with Crippen molar-refractivity contribution in [3.8, 4) is 17.6 Å². The highest BCUT2D eigenvalue weighted by atomic mass is 32.2. The highest BCUT2D eigenvalue weighted by Crippen LogP contribution is 2.42. The molecule has 0 fully saturated rings. The van der Waals surface area contributed by atoms with Gasteiger partial charge >= 0.3 is 0 Å². The van der Waals surface area contributed by atoms with E-state index < -0.39 is 11.6 Å². The second-order valence-electron chi connectivity index (χ2n) is 5.48. The molecule has 0 radical (unpaired) electrons. The quantitative estimate of drug-likeness (QED) is 0.626. The van der Waals surface area contributed by atoms with Gasteiger partial charge < -0.3 is 9.72 Å².